The Morgan fingerprint density at radius 1 is 1.18 bits per heavy atom. The van der Waals surface area contributed by atoms with Crippen molar-refractivity contribution in [3.05, 3.63) is 29.5 Å². The Bertz CT molecular complexity index is 865. The first-order valence-corrected chi connectivity index (χ1v) is 10.5. The zero-order valence-corrected chi connectivity index (χ0v) is 17.5. The summed E-state index contributed by atoms with van der Waals surface area (Å²) in [6.45, 7) is 8.78. The quantitative estimate of drug-likeness (QED) is 0.832. The molecule has 1 aromatic heterocycles. The lowest BCUT2D eigenvalue weighted by Crippen LogP contribution is -2.62. The molecule has 2 aliphatic rings. The maximum absolute atomic E-state index is 12.5. The molecule has 1 amide bonds. The molecule has 0 unspecified atom stereocenters. The summed E-state index contributed by atoms with van der Waals surface area (Å²) in [6, 6.07) is 6.03. The van der Waals surface area contributed by atoms with Crippen molar-refractivity contribution in [1.29, 1.82) is 0 Å². The first-order valence-electron chi connectivity index (χ1n) is 10.5. The smallest absolute Gasteiger partial charge is 0.258 e. The number of fused-ring (bicyclic) bond motifs is 3. The van der Waals surface area contributed by atoms with E-state index in [4.69, 9.17) is 9.15 Å². The summed E-state index contributed by atoms with van der Waals surface area (Å²) >= 11 is 0. The van der Waals surface area contributed by atoms with Crippen LogP contribution in [0.4, 0.5) is 0 Å². The summed E-state index contributed by atoms with van der Waals surface area (Å²) in [4.78, 5) is 12.5. The van der Waals surface area contributed by atoms with Gasteiger partial charge in [-0.15, -0.1) is 0 Å². The van der Waals surface area contributed by atoms with Crippen LogP contribution in [0.1, 0.15) is 64.7 Å². The van der Waals surface area contributed by atoms with Gasteiger partial charge in [-0.2, -0.15) is 0 Å². The Morgan fingerprint density at radius 3 is 2.64 bits per heavy atom. The highest BCUT2D eigenvalue weighted by Crippen LogP contribution is 2.34. The summed E-state index contributed by atoms with van der Waals surface area (Å²) in [6.07, 6.45) is 6.31. The molecule has 2 heterocycles. The lowest BCUT2D eigenvalue weighted by molar-refractivity contribution is -0.124. The fourth-order valence-electron chi connectivity index (χ4n) is 5.17. The Morgan fingerprint density at radius 2 is 1.89 bits per heavy atom. The molecule has 0 spiro atoms. The van der Waals surface area contributed by atoms with Crippen molar-refractivity contribution in [2.24, 2.45) is 0 Å². The molecule has 5 nitrogen and oxygen atoms in total. The van der Waals surface area contributed by atoms with Gasteiger partial charge in [0.2, 0.25) is 0 Å². The third kappa shape index (κ3) is 4.19. The minimum Gasteiger partial charge on any atom is -0.484 e. The van der Waals surface area contributed by atoms with Crippen molar-refractivity contribution in [3.8, 4) is 5.75 Å². The van der Waals surface area contributed by atoms with Crippen LogP contribution >= 0.6 is 0 Å². The van der Waals surface area contributed by atoms with Crippen LogP contribution in [-0.4, -0.2) is 29.6 Å². The van der Waals surface area contributed by atoms with E-state index in [2.05, 4.69) is 38.3 Å². The largest absolute Gasteiger partial charge is 0.484 e. The van der Waals surface area contributed by atoms with Gasteiger partial charge in [0.1, 0.15) is 17.1 Å². The fourth-order valence-corrected chi connectivity index (χ4v) is 5.17. The van der Waals surface area contributed by atoms with Crippen LogP contribution in [0.25, 0.3) is 11.0 Å². The minimum absolute atomic E-state index is 0.00592. The number of hydrogen-bond acceptors (Lipinski definition) is 4. The Kier molecular flexibility index (Phi) is 4.90. The van der Waals surface area contributed by atoms with Crippen molar-refractivity contribution in [2.45, 2.75) is 83.3 Å². The molecule has 0 atom stereocenters. The second kappa shape index (κ2) is 7.11. The third-order valence-corrected chi connectivity index (χ3v) is 5.85. The number of piperidine rings is 1. The van der Waals surface area contributed by atoms with Crippen LogP contribution in [-0.2, 0) is 17.6 Å². The van der Waals surface area contributed by atoms with Gasteiger partial charge in [-0.1, -0.05) is 0 Å². The standard InChI is InChI=1S/C23H32N2O3/c1-22(2)12-15(13-23(3,4)25-22)24-21(26)14-27-16-9-10-20-18(11-16)17-7-5-6-8-19(17)28-20/h9-11,15,25H,5-8,12-14H2,1-4H3,(H,24,26). The second-order valence-electron chi connectivity index (χ2n) is 9.72. The third-order valence-electron chi connectivity index (χ3n) is 5.85. The van der Waals surface area contributed by atoms with E-state index in [0.29, 0.717) is 0 Å². The monoisotopic (exact) mass is 384 g/mol. The zero-order valence-electron chi connectivity index (χ0n) is 17.5. The summed E-state index contributed by atoms with van der Waals surface area (Å²) in [5.74, 6) is 1.78. The fraction of sp³-hybridized carbons (Fsp3) is 0.609. The highest BCUT2D eigenvalue weighted by molar-refractivity contribution is 5.84. The molecule has 0 bridgehead atoms. The van der Waals surface area contributed by atoms with E-state index in [9.17, 15) is 4.79 Å². The van der Waals surface area contributed by atoms with Gasteiger partial charge in [0.15, 0.2) is 6.61 Å². The molecule has 152 valence electrons. The molecule has 28 heavy (non-hydrogen) atoms. The van der Waals surface area contributed by atoms with Crippen molar-refractivity contribution >= 4 is 16.9 Å². The molecule has 4 rings (SSSR count). The summed E-state index contributed by atoms with van der Waals surface area (Å²) in [5, 5.41) is 7.93. The average Bonchev–Trinajstić information content (AvgIpc) is 2.95. The minimum atomic E-state index is -0.0622. The molecule has 5 heteroatoms. The Labute approximate surface area is 167 Å². The maximum Gasteiger partial charge on any atom is 0.258 e. The van der Waals surface area contributed by atoms with E-state index in [1.807, 2.05) is 18.2 Å². The van der Waals surface area contributed by atoms with Crippen LogP contribution in [0, 0.1) is 0 Å². The van der Waals surface area contributed by atoms with Gasteiger partial charge in [0, 0.05) is 34.5 Å². The molecule has 1 aromatic carbocycles. The first-order chi connectivity index (χ1) is 13.2. The molecule has 0 saturated carbocycles. The Balaban J connectivity index is 1.38. The lowest BCUT2D eigenvalue weighted by Gasteiger charge is -2.46. The molecular formula is C23H32N2O3. The SMILES string of the molecule is CC1(C)CC(NC(=O)COc2ccc3oc4c(c3c2)CCCC4)CC(C)(C)N1. The highest BCUT2D eigenvalue weighted by Gasteiger charge is 2.38. The summed E-state index contributed by atoms with van der Waals surface area (Å²) < 4.78 is 11.8. The van der Waals surface area contributed by atoms with Gasteiger partial charge >= 0.3 is 0 Å². The topological polar surface area (TPSA) is 63.5 Å². The summed E-state index contributed by atoms with van der Waals surface area (Å²) in [5.41, 5.74) is 2.25. The predicted octanol–water partition coefficient (Wildman–Crippen LogP) is 4.12. The molecule has 1 aliphatic carbocycles. The van der Waals surface area contributed by atoms with Gasteiger partial charge in [-0.05, 0) is 78.0 Å². The van der Waals surface area contributed by atoms with Crippen molar-refractivity contribution in [3.63, 3.8) is 0 Å². The van der Waals surface area contributed by atoms with Crippen molar-refractivity contribution in [2.75, 3.05) is 6.61 Å². The molecule has 1 aliphatic heterocycles. The maximum atomic E-state index is 12.5. The van der Waals surface area contributed by atoms with Crippen LogP contribution in [0.2, 0.25) is 0 Å². The predicted molar refractivity (Wildman–Crippen MR) is 111 cm³/mol. The van der Waals surface area contributed by atoms with E-state index in [1.165, 1.54) is 18.4 Å². The number of amides is 1. The molecule has 2 aromatic rings. The number of carbonyl (C=O) groups excluding carboxylic acids is 1. The normalized spacial score (nSPS) is 21.3. The number of ether oxygens (including phenoxy) is 1. The number of furan rings is 1. The number of aryl methyl sites for hydroxylation is 2. The number of carbonyl (C=O) groups is 1. The van der Waals surface area contributed by atoms with E-state index in [-0.39, 0.29) is 29.6 Å². The van der Waals surface area contributed by atoms with E-state index in [0.717, 1.165) is 48.2 Å². The van der Waals surface area contributed by atoms with Gasteiger partial charge in [0.05, 0.1) is 0 Å². The van der Waals surface area contributed by atoms with Crippen molar-refractivity contribution < 1.29 is 13.9 Å². The van der Waals surface area contributed by atoms with Crippen LogP contribution in [0.15, 0.2) is 22.6 Å². The molecule has 1 saturated heterocycles. The molecule has 1 fully saturated rings. The van der Waals surface area contributed by atoms with E-state index >= 15 is 0 Å². The highest BCUT2D eigenvalue weighted by atomic mass is 16.5. The number of benzene rings is 1. The zero-order chi connectivity index (χ0) is 19.9. The van der Waals surface area contributed by atoms with Gasteiger partial charge in [0.25, 0.3) is 5.91 Å². The summed E-state index contributed by atoms with van der Waals surface area (Å²) in [7, 11) is 0. The molecular weight excluding hydrogens is 352 g/mol. The van der Waals surface area contributed by atoms with Gasteiger partial charge in [-0.25, -0.2) is 0 Å². The number of rotatable bonds is 4. The van der Waals surface area contributed by atoms with Gasteiger partial charge < -0.3 is 19.8 Å². The average molecular weight is 385 g/mol. The van der Waals surface area contributed by atoms with Crippen molar-refractivity contribution in [1.82, 2.24) is 10.6 Å². The van der Waals surface area contributed by atoms with Crippen LogP contribution < -0.4 is 15.4 Å². The van der Waals surface area contributed by atoms with Crippen LogP contribution in [0.3, 0.4) is 0 Å². The number of hydrogen-bond donors (Lipinski definition) is 2. The second-order valence-corrected chi connectivity index (χ2v) is 9.72. The number of nitrogens with one attached hydrogen (secondary N) is 2. The van der Waals surface area contributed by atoms with Gasteiger partial charge in [-0.3, -0.25) is 4.79 Å². The lowest BCUT2D eigenvalue weighted by atomic mass is 9.79. The van der Waals surface area contributed by atoms with Crippen LogP contribution in [0.5, 0.6) is 5.75 Å². The first kappa shape index (κ1) is 19.3. The molecule has 0 radical (unpaired) electrons. The molecule has 2 N–H and O–H groups in total. The van der Waals surface area contributed by atoms with E-state index < -0.39 is 0 Å². The van der Waals surface area contributed by atoms with E-state index in [1.54, 1.807) is 0 Å². The Hall–Kier alpha value is -2.01.